The largest absolute Gasteiger partial charge is 0.378 e. The van der Waals surface area contributed by atoms with Gasteiger partial charge in [0, 0.05) is 26.4 Å². The van der Waals surface area contributed by atoms with Gasteiger partial charge in [-0.15, -0.1) is 0 Å². The Morgan fingerprint density at radius 3 is 2.53 bits per heavy atom. The van der Waals surface area contributed by atoms with Gasteiger partial charge in [-0.25, -0.2) is 0 Å². The number of anilines is 1. The first-order valence-corrected chi connectivity index (χ1v) is 5.63. The molecule has 0 radical (unpaired) electrons. The van der Waals surface area contributed by atoms with E-state index in [-0.39, 0.29) is 0 Å². The van der Waals surface area contributed by atoms with Crippen molar-refractivity contribution in [1.82, 2.24) is 0 Å². The quantitative estimate of drug-likeness (QED) is 0.751. The lowest BCUT2D eigenvalue weighted by Crippen LogP contribution is -2.10. The molecular weight excluding hydrogens is 186 g/mol. The summed E-state index contributed by atoms with van der Waals surface area (Å²) < 4.78 is 5.62. The predicted octanol–water partition coefficient (Wildman–Crippen LogP) is 2.47. The minimum absolute atomic E-state index is 0.454. The molecule has 2 rings (SSSR count). The second-order valence-corrected chi connectivity index (χ2v) is 4.40. The summed E-state index contributed by atoms with van der Waals surface area (Å²) in [4.78, 5) is 2.12. The number of hydrogen-bond acceptors (Lipinski definition) is 2. The van der Waals surface area contributed by atoms with E-state index >= 15 is 0 Å². The molecule has 2 heteroatoms. The topological polar surface area (TPSA) is 12.5 Å². The molecule has 0 bridgehead atoms. The lowest BCUT2D eigenvalue weighted by Gasteiger charge is -2.14. The molecule has 15 heavy (non-hydrogen) atoms. The fraction of sp³-hybridized carbons (Fsp3) is 0.538. The molecule has 1 atom stereocenters. The van der Waals surface area contributed by atoms with Crippen molar-refractivity contribution in [3.63, 3.8) is 0 Å². The second-order valence-electron chi connectivity index (χ2n) is 4.40. The zero-order valence-electron chi connectivity index (χ0n) is 9.57. The van der Waals surface area contributed by atoms with Crippen LogP contribution in [0.25, 0.3) is 0 Å². The van der Waals surface area contributed by atoms with Crippen molar-refractivity contribution < 1.29 is 4.74 Å². The molecule has 1 saturated heterocycles. The maximum atomic E-state index is 5.62. The fourth-order valence-electron chi connectivity index (χ4n) is 2.00. The van der Waals surface area contributed by atoms with Gasteiger partial charge in [-0.1, -0.05) is 12.1 Å². The molecule has 0 aromatic heterocycles. The average molecular weight is 205 g/mol. The molecule has 1 aromatic carbocycles. The molecule has 0 saturated carbocycles. The summed E-state index contributed by atoms with van der Waals surface area (Å²) in [6, 6.07) is 8.75. The molecule has 0 spiro atoms. The van der Waals surface area contributed by atoms with Crippen molar-refractivity contribution in [3.8, 4) is 0 Å². The average Bonchev–Trinajstić information content (AvgIpc) is 2.71. The molecule has 0 aliphatic carbocycles. The summed E-state index contributed by atoms with van der Waals surface area (Å²) in [5.41, 5.74) is 2.64. The molecule has 1 heterocycles. The van der Waals surface area contributed by atoms with Crippen LogP contribution in [0.4, 0.5) is 5.69 Å². The zero-order valence-corrected chi connectivity index (χ0v) is 9.57. The Morgan fingerprint density at radius 2 is 2.00 bits per heavy atom. The van der Waals surface area contributed by atoms with Crippen LogP contribution < -0.4 is 4.90 Å². The Hall–Kier alpha value is -1.02. The van der Waals surface area contributed by atoms with Gasteiger partial charge in [0.1, 0.15) is 0 Å². The molecule has 2 nitrogen and oxygen atoms in total. The summed E-state index contributed by atoms with van der Waals surface area (Å²) in [7, 11) is 4.13. The van der Waals surface area contributed by atoms with Crippen molar-refractivity contribution >= 4 is 5.69 Å². The highest BCUT2D eigenvalue weighted by molar-refractivity contribution is 5.46. The van der Waals surface area contributed by atoms with Gasteiger partial charge in [-0.2, -0.15) is 0 Å². The molecule has 1 unspecified atom stereocenters. The fourth-order valence-corrected chi connectivity index (χ4v) is 2.00. The summed E-state index contributed by atoms with van der Waals surface area (Å²) in [6.45, 7) is 0.945. The lowest BCUT2D eigenvalue weighted by atomic mass is 10.1. The number of hydrogen-bond donors (Lipinski definition) is 0. The Kier molecular flexibility index (Phi) is 3.27. The van der Waals surface area contributed by atoms with Gasteiger partial charge in [0.05, 0.1) is 6.10 Å². The van der Waals surface area contributed by atoms with Crippen LogP contribution in [0, 0.1) is 0 Å². The summed E-state index contributed by atoms with van der Waals surface area (Å²) in [6.07, 6.45) is 3.96. The van der Waals surface area contributed by atoms with E-state index in [1.54, 1.807) is 0 Å². The molecule has 0 amide bonds. The van der Waals surface area contributed by atoms with Crippen LogP contribution in [-0.4, -0.2) is 26.8 Å². The summed E-state index contributed by atoms with van der Waals surface area (Å²) in [5, 5.41) is 0. The Morgan fingerprint density at radius 1 is 1.27 bits per heavy atom. The van der Waals surface area contributed by atoms with Crippen molar-refractivity contribution in [1.29, 1.82) is 0 Å². The van der Waals surface area contributed by atoms with Gasteiger partial charge in [-0.3, -0.25) is 0 Å². The van der Waals surface area contributed by atoms with Crippen LogP contribution in [0.2, 0.25) is 0 Å². The van der Waals surface area contributed by atoms with Crippen LogP contribution in [0.15, 0.2) is 24.3 Å². The maximum absolute atomic E-state index is 5.62. The van der Waals surface area contributed by atoms with E-state index in [0.29, 0.717) is 6.10 Å². The van der Waals surface area contributed by atoms with E-state index in [2.05, 4.69) is 43.3 Å². The van der Waals surface area contributed by atoms with E-state index in [1.807, 2.05) is 0 Å². The number of benzene rings is 1. The first-order chi connectivity index (χ1) is 7.25. The van der Waals surface area contributed by atoms with E-state index < -0.39 is 0 Å². The standard InChI is InChI=1S/C13H19NO/c1-14(2)12-7-5-11(6-8-12)10-13-4-3-9-15-13/h5-8,13H,3-4,9-10H2,1-2H3. The zero-order chi connectivity index (χ0) is 10.7. The normalized spacial score (nSPS) is 20.5. The Labute approximate surface area is 91.9 Å². The molecule has 0 N–H and O–H groups in total. The predicted molar refractivity (Wildman–Crippen MR) is 63.4 cm³/mol. The Bertz CT molecular complexity index is 299. The second kappa shape index (κ2) is 4.67. The number of nitrogens with zero attached hydrogens (tertiary/aromatic N) is 1. The van der Waals surface area contributed by atoms with Gasteiger partial charge >= 0.3 is 0 Å². The van der Waals surface area contributed by atoms with Crippen molar-refractivity contribution in [3.05, 3.63) is 29.8 Å². The summed E-state index contributed by atoms with van der Waals surface area (Å²) >= 11 is 0. The highest BCUT2D eigenvalue weighted by Gasteiger charge is 2.15. The van der Waals surface area contributed by atoms with Crippen LogP contribution in [0.5, 0.6) is 0 Å². The van der Waals surface area contributed by atoms with Crippen molar-refractivity contribution in [2.45, 2.75) is 25.4 Å². The third-order valence-corrected chi connectivity index (χ3v) is 2.94. The van der Waals surface area contributed by atoms with E-state index in [1.165, 1.54) is 24.1 Å². The molecule has 1 fully saturated rings. The van der Waals surface area contributed by atoms with Crippen LogP contribution in [-0.2, 0) is 11.2 Å². The van der Waals surface area contributed by atoms with Crippen LogP contribution in [0.1, 0.15) is 18.4 Å². The van der Waals surface area contributed by atoms with Gasteiger partial charge < -0.3 is 9.64 Å². The van der Waals surface area contributed by atoms with Crippen LogP contribution in [0.3, 0.4) is 0 Å². The highest BCUT2D eigenvalue weighted by Crippen LogP contribution is 2.19. The maximum Gasteiger partial charge on any atom is 0.0616 e. The van der Waals surface area contributed by atoms with Gasteiger partial charge in [0.15, 0.2) is 0 Å². The number of ether oxygens (including phenoxy) is 1. The van der Waals surface area contributed by atoms with Crippen molar-refractivity contribution in [2.75, 3.05) is 25.6 Å². The lowest BCUT2D eigenvalue weighted by molar-refractivity contribution is 0.111. The molecule has 1 aromatic rings. The third kappa shape index (κ3) is 2.72. The minimum atomic E-state index is 0.454. The molecule has 1 aliphatic rings. The monoisotopic (exact) mass is 205 g/mol. The minimum Gasteiger partial charge on any atom is -0.378 e. The number of rotatable bonds is 3. The van der Waals surface area contributed by atoms with Crippen LogP contribution >= 0.6 is 0 Å². The van der Waals surface area contributed by atoms with E-state index in [9.17, 15) is 0 Å². The third-order valence-electron chi connectivity index (χ3n) is 2.94. The smallest absolute Gasteiger partial charge is 0.0616 e. The first kappa shape index (κ1) is 10.5. The molecular formula is C13H19NO. The van der Waals surface area contributed by atoms with Gasteiger partial charge in [0.2, 0.25) is 0 Å². The van der Waals surface area contributed by atoms with E-state index in [0.717, 1.165) is 13.0 Å². The van der Waals surface area contributed by atoms with Crippen molar-refractivity contribution in [2.24, 2.45) is 0 Å². The SMILES string of the molecule is CN(C)c1ccc(CC2CCCO2)cc1. The highest BCUT2D eigenvalue weighted by atomic mass is 16.5. The summed E-state index contributed by atoms with van der Waals surface area (Å²) in [5.74, 6) is 0. The molecule has 1 aliphatic heterocycles. The van der Waals surface area contributed by atoms with E-state index in [4.69, 9.17) is 4.74 Å². The van der Waals surface area contributed by atoms with Gasteiger partial charge in [-0.05, 0) is 37.0 Å². The first-order valence-electron chi connectivity index (χ1n) is 5.63. The molecule has 82 valence electrons. The van der Waals surface area contributed by atoms with Gasteiger partial charge in [0.25, 0.3) is 0 Å². The Balaban J connectivity index is 1.97.